The molecule has 5 nitrogen and oxygen atoms in total. The smallest absolute Gasteiger partial charge is 0.234 e. The van der Waals surface area contributed by atoms with Crippen LogP contribution in [-0.4, -0.2) is 25.9 Å². The molecule has 0 saturated heterocycles. The number of hydrogen-bond acceptors (Lipinski definition) is 4. The third kappa shape index (κ3) is 3.75. The van der Waals surface area contributed by atoms with Crippen molar-refractivity contribution in [2.45, 2.75) is 49.9 Å². The number of rotatable bonds is 6. The first kappa shape index (κ1) is 16.1. The second-order valence-electron chi connectivity index (χ2n) is 6.10. The Morgan fingerprint density at radius 2 is 2.09 bits per heavy atom. The molecule has 0 radical (unpaired) electrons. The first-order valence-electron chi connectivity index (χ1n) is 8.05. The van der Waals surface area contributed by atoms with E-state index in [1.165, 1.54) is 0 Å². The fourth-order valence-corrected chi connectivity index (χ4v) is 3.82. The molecule has 122 valence electrons. The van der Waals surface area contributed by atoms with Gasteiger partial charge < -0.3 is 9.88 Å². The quantitative estimate of drug-likeness (QED) is 0.827. The van der Waals surface area contributed by atoms with Gasteiger partial charge in [-0.25, -0.2) is 0 Å². The number of carbonyl (C=O) groups is 1. The lowest BCUT2D eigenvalue weighted by Gasteiger charge is -2.19. The summed E-state index contributed by atoms with van der Waals surface area (Å²) >= 11 is 1.61. The van der Waals surface area contributed by atoms with Crippen LogP contribution in [0.5, 0.6) is 0 Å². The van der Waals surface area contributed by atoms with E-state index >= 15 is 0 Å². The van der Waals surface area contributed by atoms with Gasteiger partial charge in [-0.15, -0.1) is 22.0 Å². The van der Waals surface area contributed by atoms with E-state index in [9.17, 15) is 4.79 Å². The molecule has 1 N–H and O–H groups in total. The van der Waals surface area contributed by atoms with E-state index in [-0.39, 0.29) is 17.1 Å². The molecule has 1 aliphatic heterocycles. The Labute approximate surface area is 140 Å². The number of amides is 1. The third-order valence-corrected chi connectivity index (χ3v) is 5.53. The predicted molar refractivity (Wildman–Crippen MR) is 91.1 cm³/mol. The Hall–Kier alpha value is -1.82. The molecule has 6 heteroatoms. The van der Waals surface area contributed by atoms with Crippen molar-refractivity contribution in [3.8, 4) is 0 Å². The fourth-order valence-electron chi connectivity index (χ4n) is 2.75. The van der Waals surface area contributed by atoms with Gasteiger partial charge in [0.1, 0.15) is 5.82 Å². The van der Waals surface area contributed by atoms with Gasteiger partial charge in [0.2, 0.25) is 5.91 Å². The number of carbonyl (C=O) groups excluding carboxylic acids is 1. The summed E-state index contributed by atoms with van der Waals surface area (Å²) in [5.74, 6) is 2.21. The lowest BCUT2D eigenvalue weighted by Crippen LogP contribution is -2.36. The molecule has 2 aromatic rings. The van der Waals surface area contributed by atoms with Crippen molar-refractivity contribution in [2.75, 3.05) is 0 Å². The van der Waals surface area contributed by atoms with Crippen LogP contribution in [0.3, 0.4) is 0 Å². The lowest BCUT2D eigenvalue weighted by molar-refractivity contribution is -0.121. The van der Waals surface area contributed by atoms with Crippen LogP contribution in [0.25, 0.3) is 0 Å². The summed E-state index contributed by atoms with van der Waals surface area (Å²) in [6, 6.07) is 10.1. The average molecular weight is 330 g/mol. The number of aromatic nitrogens is 3. The minimum Gasteiger partial charge on any atom is -0.348 e. The number of hydrogen-bond donors (Lipinski definition) is 1. The minimum absolute atomic E-state index is 0.0594. The van der Waals surface area contributed by atoms with Crippen LogP contribution >= 0.6 is 11.8 Å². The van der Waals surface area contributed by atoms with Crippen LogP contribution in [0.4, 0.5) is 0 Å². The Kier molecular flexibility index (Phi) is 5.00. The van der Waals surface area contributed by atoms with Gasteiger partial charge in [-0.3, -0.25) is 4.79 Å². The molecule has 1 aromatic heterocycles. The Balaban J connectivity index is 1.62. The van der Waals surface area contributed by atoms with Crippen molar-refractivity contribution in [1.29, 1.82) is 0 Å². The van der Waals surface area contributed by atoms with Gasteiger partial charge in [-0.05, 0) is 24.5 Å². The minimum atomic E-state index is -0.113. The highest BCUT2D eigenvalue weighted by molar-refractivity contribution is 8.00. The van der Waals surface area contributed by atoms with Crippen LogP contribution in [0.1, 0.15) is 31.9 Å². The molecule has 1 atom stereocenters. The van der Waals surface area contributed by atoms with Crippen LogP contribution in [-0.2, 0) is 24.3 Å². The number of nitrogens with zero attached hydrogens (tertiary/aromatic N) is 3. The molecule has 1 amide bonds. The summed E-state index contributed by atoms with van der Waals surface area (Å²) in [5, 5.41) is 11.3. The van der Waals surface area contributed by atoms with E-state index in [4.69, 9.17) is 0 Å². The second-order valence-corrected chi connectivity index (χ2v) is 7.32. The van der Waals surface area contributed by atoms with E-state index in [0.717, 1.165) is 35.9 Å². The number of thioether (sulfide) groups is 1. The Morgan fingerprint density at radius 1 is 1.30 bits per heavy atom. The first-order chi connectivity index (χ1) is 11.1. The van der Waals surface area contributed by atoms with Gasteiger partial charge in [0.05, 0.1) is 11.8 Å². The largest absolute Gasteiger partial charge is 0.348 e. The standard InChI is InChI=1S/C17H22N4OS/c1-12(2)16(23-13-7-4-3-5-8-13)17(22)18-11-15-20-19-14-9-6-10-21(14)15/h3-5,7-8,12,16H,6,9-11H2,1-2H3,(H,18,22)/t16-/m0/s1. The molecular weight excluding hydrogens is 308 g/mol. The molecule has 0 unspecified atom stereocenters. The highest BCUT2D eigenvalue weighted by Crippen LogP contribution is 2.28. The summed E-state index contributed by atoms with van der Waals surface area (Å²) in [4.78, 5) is 13.7. The number of aryl methyl sites for hydroxylation is 1. The van der Waals surface area contributed by atoms with Crippen molar-refractivity contribution in [3.05, 3.63) is 42.0 Å². The predicted octanol–water partition coefficient (Wildman–Crippen LogP) is 2.66. The highest BCUT2D eigenvalue weighted by Gasteiger charge is 2.24. The number of benzene rings is 1. The third-order valence-electron chi connectivity index (χ3n) is 3.98. The van der Waals surface area contributed by atoms with Gasteiger partial charge in [-0.1, -0.05) is 32.0 Å². The maximum absolute atomic E-state index is 12.6. The van der Waals surface area contributed by atoms with Crippen molar-refractivity contribution in [3.63, 3.8) is 0 Å². The molecular formula is C17H22N4OS. The molecule has 0 bridgehead atoms. The van der Waals surface area contributed by atoms with Crippen LogP contribution in [0.15, 0.2) is 35.2 Å². The molecule has 3 rings (SSSR count). The fraction of sp³-hybridized carbons (Fsp3) is 0.471. The zero-order valence-electron chi connectivity index (χ0n) is 13.5. The van der Waals surface area contributed by atoms with Crippen LogP contribution in [0.2, 0.25) is 0 Å². The first-order valence-corrected chi connectivity index (χ1v) is 8.93. The van der Waals surface area contributed by atoms with Crippen LogP contribution < -0.4 is 5.32 Å². The van der Waals surface area contributed by atoms with Gasteiger partial charge in [0, 0.05) is 17.9 Å². The number of nitrogens with one attached hydrogen (secondary N) is 1. The maximum Gasteiger partial charge on any atom is 0.234 e. The molecule has 1 aromatic carbocycles. The zero-order chi connectivity index (χ0) is 16.2. The normalized spacial score (nSPS) is 14.7. The van der Waals surface area contributed by atoms with E-state index < -0.39 is 0 Å². The lowest BCUT2D eigenvalue weighted by atomic mass is 10.1. The topological polar surface area (TPSA) is 59.8 Å². The van der Waals surface area contributed by atoms with E-state index in [1.54, 1.807) is 11.8 Å². The molecule has 2 heterocycles. The Morgan fingerprint density at radius 3 is 2.83 bits per heavy atom. The second kappa shape index (κ2) is 7.17. The Bertz CT molecular complexity index is 668. The average Bonchev–Trinajstić information content (AvgIpc) is 3.15. The summed E-state index contributed by atoms with van der Waals surface area (Å²) < 4.78 is 2.12. The van der Waals surface area contributed by atoms with Gasteiger partial charge >= 0.3 is 0 Å². The summed E-state index contributed by atoms with van der Waals surface area (Å²) in [7, 11) is 0. The number of fused-ring (bicyclic) bond motifs is 1. The van der Waals surface area contributed by atoms with Crippen molar-refractivity contribution < 1.29 is 4.79 Å². The molecule has 0 fully saturated rings. The van der Waals surface area contributed by atoms with Crippen molar-refractivity contribution in [1.82, 2.24) is 20.1 Å². The van der Waals surface area contributed by atoms with E-state index in [2.05, 4.69) is 33.9 Å². The molecule has 23 heavy (non-hydrogen) atoms. The zero-order valence-corrected chi connectivity index (χ0v) is 14.3. The molecule has 0 spiro atoms. The van der Waals surface area contributed by atoms with Crippen LogP contribution in [0, 0.1) is 5.92 Å². The SMILES string of the molecule is CC(C)[C@H](Sc1ccccc1)C(=O)NCc1nnc2n1CCC2. The highest BCUT2D eigenvalue weighted by atomic mass is 32.2. The van der Waals surface area contributed by atoms with Gasteiger partial charge in [0.25, 0.3) is 0 Å². The monoisotopic (exact) mass is 330 g/mol. The molecule has 0 aliphatic carbocycles. The maximum atomic E-state index is 12.6. The van der Waals surface area contributed by atoms with Gasteiger partial charge in [0.15, 0.2) is 5.82 Å². The summed E-state index contributed by atoms with van der Waals surface area (Å²) in [6.45, 7) is 5.56. The van der Waals surface area contributed by atoms with E-state index in [0.29, 0.717) is 6.54 Å². The van der Waals surface area contributed by atoms with Crippen molar-refractivity contribution >= 4 is 17.7 Å². The van der Waals surface area contributed by atoms with Gasteiger partial charge in [-0.2, -0.15) is 0 Å². The molecule has 0 saturated carbocycles. The molecule has 1 aliphatic rings. The summed E-state index contributed by atoms with van der Waals surface area (Å²) in [6.07, 6.45) is 2.10. The van der Waals surface area contributed by atoms with E-state index in [1.807, 2.05) is 30.3 Å². The van der Waals surface area contributed by atoms with Crippen molar-refractivity contribution in [2.24, 2.45) is 5.92 Å². The summed E-state index contributed by atoms with van der Waals surface area (Å²) in [5.41, 5.74) is 0.